The number of carbonyl (C=O) groups excluding carboxylic acids is 1. The molecule has 0 spiro atoms. The standard InChI is InChI=1S/C19H22N2O4/c22-19(17-18(24-12-21-17)16-9-4-10-23-16)20-11-13-5-1-2-8-15(13)25-14-6-3-7-14/h1-2,5,8,12,14,16H,3-4,6-7,9-11H2,(H,20,22). The van der Waals surface area contributed by atoms with Crippen LogP contribution in [0.3, 0.4) is 0 Å². The number of hydrogen-bond acceptors (Lipinski definition) is 5. The third kappa shape index (κ3) is 3.54. The number of para-hydroxylation sites is 1. The molecule has 1 atom stereocenters. The zero-order valence-electron chi connectivity index (χ0n) is 14.1. The fourth-order valence-corrected chi connectivity index (χ4v) is 3.13. The highest BCUT2D eigenvalue weighted by Crippen LogP contribution is 2.31. The molecule has 132 valence electrons. The molecule has 1 saturated heterocycles. The predicted molar refractivity (Wildman–Crippen MR) is 90.3 cm³/mol. The molecule has 1 N–H and O–H groups in total. The second-order valence-corrected chi connectivity index (χ2v) is 6.53. The maximum Gasteiger partial charge on any atom is 0.273 e. The van der Waals surface area contributed by atoms with E-state index in [0.717, 1.165) is 37.0 Å². The average Bonchev–Trinajstić information content (AvgIpc) is 3.27. The van der Waals surface area contributed by atoms with E-state index in [1.54, 1.807) is 0 Å². The van der Waals surface area contributed by atoms with Crippen molar-refractivity contribution in [1.82, 2.24) is 10.3 Å². The van der Waals surface area contributed by atoms with E-state index in [0.29, 0.717) is 30.7 Å². The van der Waals surface area contributed by atoms with Crippen molar-refractivity contribution in [2.45, 2.75) is 50.9 Å². The lowest BCUT2D eigenvalue weighted by Crippen LogP contribution is -2.27. The van der Waals surface area contributed by atoms with Crippen LogP contribution in [0.4, 0.5) is 0 Å². The van der Waals surface area contributed by atoms with Crippen molar-refractivity contribution in [3.63, 3.8) is 0 Å². The molecule has 0 radical (unpaired) electrons. The van der Waals surface area contributed by atoms with Crippen molar-refractivity contribution < 1.29 is 18.7 Å². The Hall–Kier alpha value is -2.34. The molecule has 25 heavy (non-hydrogen) atoms. The summed E-state index contributed by atoms with van der Waals surface area (Å²) in [5.41, 5.74) is 1.27. The summed E-state index contributed by atoms with van der Waals surface area (Å²) in [6.45, 7) is 1.08. The Morgan fingerprint density at radius 1 is 1.24 bits per heavy atom. The van der Waals surface area contributed by atoms with Crippen molar-refractivity contribution >= 4 is 5.91 Å². The van der Waals surface area contributed by atoms with E-state index in [2.05, 4.69) is 10.3 Å². The third-order valence-electron chi connectivity index (χ3n) is 4.79. The number of oxazole rings is 1. The van der Waals surface area contributed by atoms with Crippen LogP contribution in [0.2, 0.25) is 0 Å². The van der Waals surface area contributed by atoms with Gasteiger partial charge in [0.2, 0.25) is 0 Å². The molecule has 2 heterocycles. The molecule has 1 saturated carbocycles. The number of carbonyl (C=O) groups is 1. The Morgan fingerprint density at radius 3 is 2.88 bits per heavy atom. The molecule has 1 aromatic heterocycles. The molecule has 6 heteroatoms. The van der Waals surface area contributed by atoms with Crippen LogP contribution in [0.25, 0.3) is 0 Å². The Kier molecular flexibility index (Phi) is 4.70. The lowest BCUT2D eigenvalue weighted by molar-refractivity contribution is 0.0859. The SMILES string of the molecule is O=C(NCc1ccccc1OC1CCC1)c1ncoc1C1CCCO1. The van der Waals surface area contributed by atoms with Crippen molar-refractivity contribution in [3.8, 4) is 5.75 Å². The lowest BCUT2D eigenvalue weighted by Gasteiger charge is -2.27. The van der Waals surface area contributed by atoms with Crippen molar-refractivity contribution in [3.05, 3.63) is 47.7 Å². The normalized spacial score (nSPS) is 20.2. The molecule has 1 aliphatic carbocycles. The van der Waals surface area contributed by atoms with Gasteiger partial charge in [0.15, 0.2) is 17.8 Å². The van der Waals surface area contributed by atoms with Gasteiger partial charge in [-0.2, -0.15) is 0 Å². The summed E-state index contributed by atoms with van der Waals surface area (Å²) < 4.78 is 17.0. The molecule has 4 rings (SSSR count). The Morgan fingerprint density at radius 2 is 2.12 bits per heavy atom. The van der Waals surface area contributed by atoms with Crippen LogP contribution in [0.1, 0.15) is 60.0 Å². The van der Waals surface area contributed by atoms with Gasteiger partial charge in [-0.15, -0.1) is 0 Å². The van der Waals surface area contributed by atoms with Crippen molar-refractivity contribution in [2.24, 2.45) is 0 Å². The molecule has 2 aromatic rings. The average molecular weight is 342 g/mol. The summed E-state index contributed by atoms with van der Waals surface area (Å²) in [4.78, 5) is 16.6. The number of ether oxygens (including phenoxy) is 2. The van der Waals surface area contributed by atoms with E-state index in [1.165, 1.54) is 12.8 Å². The minimum Gasteiger partial charge on any atom is -0.490 e. The molecular formula is C19H22N2O4. The number of amides is 1. The topological polar surface area (TPSA) is 73.6 Å². The second-order valence-electron chi connectivity index (χ2n) is 6.53. The summed E-state index contributed by atoms with van der Waals surface area (Å²) in [5, 5.41) is 2.92. The zero-order valence-corrected chi connectivity index (χ0v) is 14.1. The summed E-state index contributed by atoms with van der Waals surface area (Å²) >= 11 is 0. The van der Waals surface area contributed by atoms with Gasteiger partial charge in [0, 0.05) is 18.7 Å². The third-order valence-corrected chi connectivity index (χ3v) is 4.79. The maximum atomic E-state index is 12.5. The van der Waals surface area contributed by atoms with E-state index in [-0.39, 0.29) is 12.0 Å². The van der Waals surface area contributed by atoms with Gasteiger partial charge in [-0.05, 0) is 38.2 Å². The number of nitrogens with one attached hydrogen (secondary N) is 1. The van der Waals surface area contributed by atoms with Gasteiger partial charge in [-0.25, -0.2) is 4.98 Å². The second kappa shape index (κ2) is 7.27. The van der Waals surface area contributed by atoms with Gasteiger partial charge in [0.25, 0.3) is 5.91 Å². The van der Waals surface area contributed by atoms with Gasteiger partial charge < -0.3 is 19.2 Å². The first kappa shape index (κ1) is 16.1. The van der Waals surface area contributed by atoms with Crippen LogP contribution < -0.4 is 10.1 Å². The number of aromatic nitrogens is 1. The van der Waals surface area contributed by atoms with Gasteiger partial charge >= 0.3 is 0 Å². The van der Waals surface area contributed by atoms with Gasteiger partial charge in [0.05, 0.1) is 6.10 Å². The van der Waals surface area contributed by atoms with E-state index in [1.807, 2.05) is 24.3 Å². The predicted octanol–water partition coefficient (Wildman–Crippen LogP) is 3.39. The first-order valence-electron chi connectivity index (χ1n) is 8.89. The van der Waals surface area contributed by atoms with Crippen LogP contribution in [-0.4, -0.2) is 23.6 Å². The largest absolute Gasteiger partial charge is 0.490 e. The summed E-state index contributed by atoms with van der Waals surface area (Å²) in [5.74, 6) is 1.11. The van der Waals surface area contributed by atoms with E-state index in [9.17, 15) is 4.79 Å². The van der Waals surface area contributed by atoms with Gasteiger partial charge in [0.1, 0.15) is 11.9 Å². The monoisotopic (exact) mass is 342 g/mol. The van der Waals surface area contributed by atoms with Gasteiger partial charge in [-0.3, -0.25) is 4.79 Å². The van der Waals surface area contributed by atoms with Crippen LogP contribution in [0, 0.1) is 0 Å². The maximum absolute atomic E-state index is 12.5. The Bertz CT molecular complexity index is 733. The Balaban J connectivity index is 1.41. The van der Waals surface area contributed by atoms with Crippen LogP contribution >= 0.6 is 0 Å². The van der Waals surface area contributed by atoms with Crippen LogP contribution in [-0.2, 0) is 11.3 Å². The molecule has 1 unspecified atom stereocenters. The number of hydrogen-bond donors (Lipinski definition) is 1. The highest BCUT2D eigenvalue weighted by Gasteiger charge is 2.28. The summed E-state index contributed by atoms with van der Waals surface area (Å²) in [6.07, 6.45) is 6.69. The minimum atomic E-state index is -0.252. The number of nitrogens with zero attached hydrogens (tertiary/aromatic N) is 1. The van der Waals surface area contributed by atoms with E-state index in [4.69, 9.17) is 13.9 Å². The fraction of sp³-hybridized carbons (Fsp3) is 0.474. The minimum absolute atomic E-state index is 0.169. The molecule has 2 aliphatic rings. The number of rotatable bonds is 6. The van der Waals surface area contributed by atoms with E-state index < -0.39 is 0 Å². The molecule has 1 aliphatic heterocycles. The fourth-order valence-electron chi connectivity index (χ4n) is 3.13. The first-order chi connectivity index (χ1) is 12.3. The zero-order chi connectivity index (χ0) is 17.1. The van der Waals surface area contributed by atoms with Crippen molar-refractivity contribution in [1.29, 1.82) is 0 Å². The Labute approximate surface area is 146 Å². The van der Waals surface area contributed by atoms with Gasteiger partial charge in [-0.1, -0.05) is 18.2 Å². The molecular weight excluding hydrogens is 320 g/mol. The molecule has 0 bridgehead atoms. The van der Waals surface area contributed by atoms with Crippen molar-refractivity contribution in [2.75, 3.05) is 6.61 Å². The molecule has 1 amide bonds. The lowest BCUT2D eigenvalue weighted by atomic mass is 9.96. The summed E-state index contributed by atoms with van der Waals surface area (Å²) in [7, 11) is 0. The summed E-state index contributed by atoms with van der Waals surface area (Å²) in [6, 6.07) is 7.82. The molecule has 2 fully saturated rings. The highest BCUT2D eigenvalue weighted by atomic mass is 16.5. The van der Waals surface area contributed by atoms with E-state index >= 15 is 0 Å². The number of benzene rings is 1. The molecule has 6 nitrogen and oxygen atoms in total. The van der Waals surface area contributed by atoms with Crippen LogP contribution in [0.15, 0.2) is 35.1 Å². The van der Waals surface area contributed by atoms with Crippen LogP contribution in [0.5, 0.6) is 5.75 Å². The molecule has 1 aromatic carbocycles. The first-order valence-corrected chi connectivity index (χ1v) is 8.89. The highest BCUT2D eigenvalue weighted by molar-refractivity contribution is 5.93. The smallest absolute Gasteiger partial charge is 0.273 e. The quantitative estimate of drug-likeness (QED) is 0.871.